The van der Waals surface area contributed by atoms with Crippen molar-refractivity contribution in [3.8, 4) is 11.9 Å². The van der Waals surface area contributed by atoms with E-state index >= 15 is 0 Å². The zero-order chi connectivity index (χ0) is 24.5. The van der Waals surface area contributed by atoms with Crippen LogP contribution in [0.4, 0.5) is 11.5 Å². The summed E-state index contributed by atoms with van der Waals surface area (Å²) in [6.07, 6.45) is 3.80. The average molecular weight is 473 g/mol. The van der Waals surface area contributed by atoms with E-state index in [1.54, 1.807) is 28.8 Å². The Balaban J connectivity index is 1.25. The number of rotatable bonds is 5. The highest BCUT2D eigenvalue weighted by Gasteiger charge is 2.29. The molecule has 2 aliphatic rings. The Morgan fingerprint density at radius 2 is 1.97 bits per heavy atom. The Hall–Kier alpha value is -3.90. The molecule has 5 rings (SSSR count). The smallest absolute Gasteiger partial charge is 0.332 e. The van der Waals surface area contributed by atoms with Crippen molar-refractivity contribution in [1.82, 2.24) is 9.55 Å². The van der Waals surface area contributed by atoms with Crippen molar-refractivity contribution in [2.24, 2.45) is 11.7 Å². The quantitative estimate of drug-likeness (QED) is 0.543. The van der Waals surface area contributed by atoms with Gasteiger partial charge in [-0.2, -0.15) is 10.2 Å². The number of nitrogens with zero attached hydrogens (tertiary/aromatic N) is 4. The lowest BCUT2D eigenvalue weighted by Crippen LogP contribution is -2.43. The van der Waals surface area contributed by atoms with Crippen LogP contribution in [0.1, 0.15) is 31.2 Å². The van der Waals surface area contributed by atoms with Crippen molar-refractivity contribution in [1.29, 1.82) is 5.26 Å². The molecule has 1 saturated carbocycles. The number of aromatic nitrogens is 2. The van der Waals surface area contributed by atoms with Crippen LogP contribution in [0, 0.1) is 17.2 Å². The zero-order valence-electron chi connectivity index (χ0n) is 19.6. The Kier molecular flexibility index (Phi) is 6.14. The molecule has 1 atom stereocenters. The molecule has 3 N–H and O–H groups in total. The van der Waals surface area contributed by atoms with Gasteiger partial charge in [0.2, 0.25) is 5.88 Å². The molecule has 3 heterocycles. The van der Waals surface area contributed by atoms with E-state index in [0.29, 0.717) is 29.9 Å². The van der Waals surface area contributed by atoms with Gasteiger partial charge in [0.25, 0.3) is 5.56 Å². The Morgan fingerprint density at radius 3 is 2.74 bits per heavy atom. The minimum absolute atomic E-state index is 0.106. The van der Waals surface area contributed by atoms with Crippen LogP contribution < -0.4 is 26.2 Å². The Bertz CT molecular complexity index is 1370. The molecular weight excluding hydrogens is 444 g/mol. The molecule has 0 spiro atoms. The number of nitriles is 1. The number of carbonyl (C=O) groups is 1. The van der Waals surface area contributed by atoms with Gasteiger partial charge in [0, 0.05) is 31.7 Å². The number of esters is 1. The van der Waals surface area contributed by atoms with Gasteiger partial charge in [-0.15, -0.1) is 0 Å². The minimum Gasteiger partial charge on any atom is -0.404 e. The second-order valence-electron chi connectivity index (χ2n) is 9.36. The van der Waals surface area contributed by atoms with Crippen LogP contribution in [-0.2, 0) is 11.3 Å². The predicted molar refractivity (Wildman–Crippen MR) is 133 cm³/mol. The number of nitrogens with one attached hydrogen (secondary N) is 1. The highest BCUT2D eigenvalue weighted by atomic mass is 16.5. The summed E-state index contributed by atoms with van der Waals surface area (Å²) >= 11 is 0. The maximum absolute atomic E-state index is 12.6. The molecule has 0 radical (unpaired) electrons. The van der Waals surface area contributed by atoms with E-state index in [-0.39, 0.29) is 24.1 Å². The van der Waals surface area contributed by atoms with Crippen molar-refractivity contribution in [3.05, 3.63) is 58.4 Å². The second kappa shape index (κ2) is 9.39. The fourth-order valence-electron chi connectivity index (χ4n) is 5.16. The number of anilines is 2. The molecule has 35 heavy (non-hydrogen) atoms. The summed E-state index contributed by atoms with van der Waals surface area (Å²) in [7, 11) is 2.01. The van der Waals surface area contributed by atoms with Gasteiger partial charge in [0.15, 0.2) is 0 Å². The number of ether oxygens (including phenoxy) is 1. The maximum atomic E-state index is 12.6. The first-order valence-corrected chi connectivity index (χ1v) is 11.9. The van der Waals surface area contributed by atoms with Gasteiger partial charge < -0.3 is 25.3 Å². The van der Waals surface area contributed by atoms with Crippen molar-refractivity contribution >= 4 is 28.4 Å². The number of benzene rings is 1. The molecule has 1 unspecified atom stereocenters. The van der Waals surface area contributed by atoms with Gasteiger partial charge in [-0.3, -0.25) is 4.79 Å². The van der Waals surface area contributed by atoms with Crippen LogP contribution >= 0.6 is 0 Å². The van der Waals surface area contributed by atoms with Crippen LogP contribution in [0.15, 0.2) is 47.3 Å². The lowest BCUT2D eigenvalue weighted by Gasteiger charge is -2.37. The first-order chi connectivity index (χ1) is 16.9. The normalized spacial score (nSPS) is 20.3. The summed E-state index contributed by atoms with van der Waals surface area (Å²) < 4.78 is 6.97. The minimum atomic E-state index is -0.339. The summed E-state index contributed by atoms with van der Waals surface area (Å²) in [5.74, 6) is 1.04. The monoisotopic (exact) mass is 472 g/mol. The molecule has 2 aromatic heterocycles. The molecule has 180 valence electrons. The number of fused-ring (bicyclic) bond motifs is 2. The van der Waals surface area contributed by atoms with Gasteiger partial charge in [-0.1, -0.05) is 6.07 Å². The first-order valence-electron chi connectivity index (χ1n) is 11.9. The highest BCUT2D eigenvalue weighted by molar-refractivity contribution is 5.82. The Labute approximate surface area is 203 Å². The maximum Gasteiger partial charge on any atom is 0.332 e. The van der Waals surface area contributed by atoms with E-state index in [2.05, 4.69) is 21.3 Å². The molecule has 1 aliphatic heterocycles. The largest absolute Gasteiger partial charge is 0.404 e. The van der Waals surface area contributed by atoms with Gasteiger partial charge in [0.05, 0.1) is 22.8 Å². The number of carbonyl (C=O) groups excluding carboxylic acids is 1. The lowest BCUT2D eigenvalue weighted by molar-refractivity contribution is -0.133. The van der Waals surface area contributed by atoms with Crippen LogP contribution in [-0.4, -0.2) is 41.2 Å². The third-order valence-electron chi connectivity index (χ3n) is 7.25. The molecule has 1 fully saturated rings. The molecule has 1 aromatic carbocycles. The van der Waals surface area contributed by atoms with Gasteiger partial charge in [0.1, 0.15) is 12.4 Å². The Morgan fingerprint density at radius 1 is 1.20 bits per heavy atom. The van der Waals surface area contributed by atoms with E-state index in [1.165, 1.54) is 0 Å². The molecule has 9 nitrogen and oxygen atoms in total. The third-order valence-corrected chi connectivity index (χ3v) is 7.25. The average Bonchev–Trinajstić information content (AvgIpc) is 2.89. The van der Waals surface area contributed by atoms with E-state index < -0.39 is 0 Å². The molecule has 9 heteroatoms. The molecule has 3 aromatic rings. The summed E-state index contributed by atoms with van der Waals surface area (Å²) in [5, 5.41) is 13.2. The van der Waals surface area contributed by atoms with Crippen LogP contribution in [0.2, 0.25) is 0 Å². The van der Waals surface area contributed by atoms with Gasteiger partial charge in [-0.05, 0) is 67.3 Å². The number of hydrogen-bond acceptors (Lipinski definition) is 8. The number of pyridine rings is 2. The molecule has 0 saturated heterocycles. The molecule has 0 bridgehead atoms. The zero-order valence-corrected chi connectivity index (χ0v) is 19.6. The second-order valence-corrected chi connectivity index (χ2v) is 9.36. The van der Waals surface area contributed by atoms with Crippen LogP contribution in [0.3, 0.4) is 0 Å². The molecular formula is C26H28N6O3. The van der Waals surface area contributed by atoms with Crippen LogP contribution in [0.5, 0.6) is 5.88 Å². The topological polar surface area (TPSA) is 126 Å². The van der Waals surface area contributed by atoms with Gasteiger partial charge in [-0.25, -0.2) is 4.79 Å². The third kappa shape index (κ3) is 4.57. The molecule has 0 amide bonds. The lowest BCUT2D eigenvalue weighted by atomic mass is 9.81. The standard InChI is InChI=1S/C26H28N6O3/c1-31(23-10-9-21-26(30-23)35-25(34)14-29-21)19-7-4-17(5-8-19)20(28)15-32-22-12-16(13-27)2-3-18(22)6-11-24(32)33/h2-3,6,9-12,17,19-20,29H,4-5,7-8,14-15,28H2,1H3. The van der Waals surface area contributed by atoms with E-state index in [1.807, 2.05) is 25.2 Å². The summed E-state index contributed by atoms with van der Waals surface area (Å²) in [6, 6.07) is 14.8. The van der Waals surface area contributed by atoms with Crippen molar-refractivity contribution in [2.75, 3.05) is 23.8 Å². The van der Waals surface area contributed by atoms with E-state index in [4.69, 9.17) is 10.5 Å². The summed E-state index contributed by atoms with van der Waals surface area (Å²) in [4.78, 5) is 30.9. The van der Waals surface area contributed by atoms with E-state index in [9.17, 15) is 14.9 Å². The fourth-order valence-corrected chi connectivity index (χ4v) is 5.16. The van der Waals surface area contributed by atoms with Crippen LogP contribution in [0.25, 0.3) is 10.9 Å². The van der Waals surface area contributed by atoms with Crippen molar-refractivity contribution < 1.29 is 9.53 Å². The summed E-state index contributed by atoms with van der Waals surface area (Å²) in [6.45, 7) is 0.569. The predicted octanol–water partition coefficient (Wildman–Crippen LogP) is 2.62. The van der Waals surface area contributed by atoms with Gasteiger partial charge >= 0.3 is 5.97 Å². The SMILES string of the molecule is CN(c1ccc2c(n1)OC(=O)CN2)C1CCC(C(N)Cn2c(=O)ccc3ccc(C#N)cc32)CC1. The number of nitrogens with two attached hydrogens (primary N) is 1. The fraction of sp³-hybridized carbons (Fsp3) is 0.385. The number of hydrogen-bond donors (Lipinski definition) is 2. The highest BCUT2D eigenvalue weighted by Crippen LogP contribution is 2.33. The molecule has 1 aliphatic carbocycles. The first kappa shape index (κ1) is 22.9. The van der Waals surface area contributed by atoms with Crippen molar-refractivity contribution in [2.45, 2.75) is 44.3 Å². The van der Waals surface area contributed by atoms with Crippen molar-refractivity contribution in [3.63, 3.8) is 0 Å². The van der Waals surface area contributed by atoms with E-state index in [0.717, 1.165) is 48.1 Å². The summed E-state index contributed by atoms with van der Waals surface area (Å²) in [5.41, 5.74) is 8.51.